The highest BCUT2D eigenvalue weighted by Crippen LogP contribution is 2.40. The Morgan fingerprint density at radius 3 is 3.18 bits per heavy atom. The molecule has 11 heavy (non-hydrogen) atoms. The van der Waals surface area contributed by atoms with E-state index < -0.39 is 0 Å². The summed E-state index contributed by atoms with van der Waals surface area (Å²) in [6.07, 6.45) is 0. The molecule has 0 fully saturated rings. The normalized spacial score (nSPS) is 14.3. The van der Waals surface area contributed by atoms with Crippen LogP contribution in [0.3, 0.4) is 0 Å². The fourth-order valence-electron chi connectivity index (χ4n) is 1.17. The summed E-state index contributed by atoms with van der Waals surface area (Å²) in [5.74, 6) is 1.91. The quantitative estimate of drug-likeness (QED) is 0.643. The molecule has 0 atom stereocenters. The lowest BCUT2D eigenvalue weighted by Gasteiger charge is -2.01. The van der Waals surface area contributed by atoms with Crippen molar-refractivity contribution >= 4 is 11.8 Å². The standard InChI is InChI=1S/C8H8O2S/c1-5-2-6(9)3-7-8(5)10-4-11-7/h2-3,9H,4H2,1H3. The molecular formula is C8H8O2S. The van der Waals surface area contributed by atoms with Gasteiger partial charge in [-0.2, -0.15) is 0 Å². The van der Waals surface area contributed by atoms with Crippen LogP contribution in [0.15, 0.2) is 17.0 Å². The number of rotatable bonds is 0. The van der Waals surface area contributed by atoms with E-state index in [1.807, 2.05) is 6.92 Å². The molecule has 1 N–H and O–H groups in total. The highest BCUT2D eigenvalue weighted by atomic mass is 32.2. The molecule has 0 spiro atoms. The molecule has 3 heteroatoms. The largest absolute Gasteiger partial charge is 0.508 e. The summed E-state index contributed by atoms with van der Waals surface area (Å²) < 4.78 is 5.34. The van der Waals surface area contributed by atoms with Crippen molar-refractivity contribution in [3.8, 4) is 11.5 Å². The van der Waals surface area contributed by atoms with Gasteiger partial charge in [-0.15, -0.1) is 0 Å². The predicted molar refractivity (Wildman–Crippen MR) is 44.2 cm³/mol. The number of ether oxygens (including phenoxy) is 1. The van der Waals surface area contributed by atoms with Gasteiger partial charge < -0.3 is 9.84 Å². The number of hydrogen-bond acceptors (Lipinski definition) is 3. The molecule has 1 aliphatic rings. The summed E-state index contributed by atoms with van der Waals surface area (Å²) in [6, 6.07) is 3.45. The molecule has 1 aromatic carbocycles. The van der Waals surface area contributed by atoms with Gasteiger partial charge in [0.25, 0.3) is 0 Å². The first kappa shape index (κ1) is 6.85. The van der Waals surface area contributed by atoms with Crippen LogP contribution in [0.1, 0.15) is 5.56 Å². The Kier molecular flexibility index (Phi) is 1.46. The Morgan fingerprint density at radius 2 is 2.36 bits per heavy atom. The summed E-state index contributed by atoms with van der Waals surface area (Å²) in [6.45, 7) is 1.93. The summed E-state index contributed by atoms with van der Waals surface area (Å²) in [4.78, 5) is 1.04. The molecular weight excluding hydrogens is 160 g/mol. The molecule has 1 heterocycles. The zero-order chi connectivity index (χ0) is 7.84. The van der Waals surface area contributed by atoms with Gasteiger partial charge in [0.2, 0.25) is 0 Å². The first-order valence-corrected chi connectivity index (χ1v) is 4.35. The molecule has 0 saturated heterocycles. The van der Waals surface area contributed by atoms with Gasteiger partial charge in [0.15, 0.2) is 0 Å². The maximum atomic E-state index is 9.21. The van der Waals surface area contributed by atoms with E-state index >= 15 is 0 Å². The molecule has 0 aliphatic carbocycles. The fraction of sp³-hybridized carbons (Fsp3) is 0.250. The third kappa shape index (κ3) is 1.05. The van der Waals surface area contributed by atoms with Gasteiger partial charge in [-0.05, 0) is 24.6 Å². The minimum atomic E-state index is 0.319. The van der Waals surface area contributed by atoms with Crippen molar-refractivity contribution in [2.24, 2.45) is 0 Å². The van der Waals surface area contributed by atoms with Crippen molar-refractivity contribution in [2.75, 3.05) is 5.94 Å². The van der Waals surface area contributed by atoms with Gasteiger partial charge in [-0.1, -0.05) is 11.8 Å². The molecule has 0 radical (unpaired) electrons. The number of benzene rings is 1. The smallest absolute Gasteiger partial charge is 0.138 e. The monoisotopic (exact) mass is 168 g/mol. The molecule has 0 unspecified atom stereocenters. The number of phenolic OH excluding ortho intramolecular Hbond substituents is 1. The van der Waals surface area contributed by atoms with Gasteiger partial charge in [0.1, 0.15) is 17.4 Å². The van der Waals surface area contributed by atoms with E-state index in [0.717, 1.165) is 16.2 Å². The van der Waals surface area contributed by atoms with Crippen LogP contribution in [0.25, 0.3) is 0 Å². The van der Waals surface area contributed by atoms with Crippen LogP contribution >= 0.6 is 11.8 Å². The zero-order valence-corrected chi connectivity index (χ0v) is 6.94. The summed E-state index contributed by atoms with van der Waals surface area (Å²) in [7, 11) is 0. The van der Waals surface area contributed by atoms with Crippen molar-refractivity contribution in [3.63, 3.8) is 0 Å². The topological polar surface area (TPSA) is 29.5 Å². The lowest BCUT2D eigenvalue weighted by Crippen LogP contribution is -1.85. The van der Waals surface area contributed by atoms with Crippen molar-refractivity contribution in [2.45, 2.75) is 11.8 Å². The molecule has 1 aromatic rings. The van der Waals surface area contributed by atoms with Crippen LogP contribution in [0.5, 0.6) is 11.5 Å². The Morgan fingerprint density at radius 1 is 1.55 bits per heavy atom. The molecule has 0 bridgehead atoms. The van der Waals surface area contributed by atoms with Crippen LogP contribution in [0.2, 0.25) is 0 Å². The van der Waals surface area contributed by atoms with Crippen molar-refractivity contribution in [1.29, 1.82) is 0 Å². The summed E-state index contributed by atoms with van der Waals surface area (Å²) >= 11 is 1.61. The van der Waals surface area contributed by atoms with Gasteiger partial charge in [0.05, 0.1) is 4.90 Å². The summed E-state index contributed by atoms with van der Waals surface area (Å²) in [5.41, 5.74) is 1.00. The number of fused-ring (bicyclic) bond motifs is 1. The van der Waals surface area contributed by atoms with E-state index in [4.69, 9.17) is 4.74 Å². The third-order valence-corrected chi connectivity index (χ3v) is 2.49. The average Bonchev–Trinajstić information content (AvgIpc) is 2.34. The highest BCUT2D eigenvalue weighted by molar-refractivity contribution is 7.99. The number of thioether (sulfide) groups is 1. The lowest BCUT2D eigenvalue weighted by molar-refractivity contribution is 0.392. The lowest BCUT2D eigenvalue weighted by atomic mass is 10.2. The molecule has 0 amide bonds. The number of aromatic hydroxyl groups is 1. The zero-order valence-electron chi connectivity index (χ0n) is 6.13. The minimum absolute atomic E-state index is 0.319. The minimum Gasteiger partial charge on any atom is -0.508 e. The first-order chi connectivity index (χ1) is 5.27. The van der Waals surface area contributed by atoms with E-state index in [1.54, 1.807) is 23.9 Å². The van der Waals surface area contributed by atoms with Gasteiger partial charge >= 0.3 is 0 Å². The Bertz CT molecular complexity index is 296. The van der Waals surface area contributed by atoms with Crippen molar-refractivity contribution in [3.05, 3.63) is 17.7 Å². The van der Waals surface area contributed by atoms with E-state index in [-0.39, 0.29) is 0 Å². The van der Waals surface area contributed by atoms with Crippen LogP contribution in [-0.2, 0) is 0 Å². The molecule has 0 aromatic heterocycles. The second-order valence-corrected chi connectivity index (χ2v) is 3.46. The molecule has 0 saturated carbocycles. The molecule has 2 nitrogen and oxygen atoms in total. The predicted octanol–water partition coefficient (Wildman–Crippen LogP) is 2.14. The van der Waals surface area contributed by atoms with Gasteiger partial charge in [0, 0.05) is 0 Å². The number of hydrogen-bond donors (Lipinski definition) is 1. The fourth-order valence-corrected chi connectivity index (χ4v) is 2.03. The molecule has 58 valence electrons. The second kappa shape index (κ2) is 2.34. The van der Waals surface area contributed by atoms with E-state index in [0.29, 0.717) is 11.7 Å². The maximum absolute atomic E-state index is 9.21. The maximum Gasteiger partial charge on any atom is 0.138 e. The number of phenols is 1. The Labute approximate surface area is 69.2 Å². The van der Waals surface area contributed by atoms with Crippen LogP contribution in [0, 0.1) is 6.92 Å². The first-order valence-electron chi connectivity index (χ1n) is 3.36. The molecule has 1 aliphatic heterocycles. The number of aryl methyl sites for hydroxylation is 1. The van der Waals surface area contributed by atoms with Crippen molar-refractivity contribution < 1.29 is 9.84 Å². The average molecular weight is 168 g/mol. The molecule has 2 rings (SSSR count). The van der Waals surface area contributed by atoms with E-state index in [2.05, 4.69) is 0 Å². The van der Waals surface area contributed by atoms with Crippen LogP contribution in [0.4, 0.5) is 0 Å². The van der Waals surface area contributed by atoms with Crippen LogP contribution in [-0.4, -0.2) is 11.0 Å². The Hall–Kier alpha value is -0.830. The highest BCUT2D eigenvalue weighted by Gasteiger charge is 2.15. The van der Waals surface area contributed by atoms with E-state index in [1.165, 1.54) is 0 Å². The second-order valence-electron chi connectivity index (χ2n) is 2.50. The van der Waals surface area contributed by atoms with Gasteiger partial charge in [-0.3, -0.25) is 0 Å². The Balaban J connectivity index is 2.60. The van der Waals surface area contributed by atoms with Crippen LogP contribution < -0.4 is 4.74 Å². The SMILES string of the molecule is Cc1cc(O)cc2c1OCS2. The third-order valence-electron chi connectivity index (χ3n) is 1.64. The van der Waals surface area contributed by atoms with Crippen molar-refractivity contribution in [1.82, 2.24) is 0 Å². The van der Waals surface area contributed by atoms with Gasteiger partial charge in [-0.25, -0.2) is 0 Å². The van der Waals surface area contributed by atoms with E-state index in [9.17, 15) is 5.11 Å². The summed E-state index contributed by atoms with van der Waals surface area (Å²) in [5, 5.41) is 9.21.